The molecule has 4 heteroatoms. The molecule has 0 atom stereocenters. The molecule has 0 saturated heterocycles. The van der Waals surface area contributed by atoms with Crippen LogP contribution in [0.25, 0.3) is 0 Å². The number of carbonyl (C=O) groups excluding carboxylic acids is 1. The zero-order valence-electron chi connectivity index (χ0n) is 8.63. The lowest BCUT2D eigenvalue weighted by Crippen LogP contribution is -2.09. The molecule has 76 valence electrons. The summed E-state index contributed by atoms with van der Waals surface area (Å²) < 4.78 is 5.10. The van der Waals surface area contributed by atoms with Crippen LogP contribution in [0.2, 0.25) is 0 Å². The molecule has 0 bridgehead atoms. The number of carbonyl (C=O) groups is 1. The number of amides is 1. The van der Waals surface area contributed by atoms with Gasteiger partial charge in [0.05, 0.1) is 0 Å². The highest BCUT2D eigenvalue weighted by Gasteiger charge is 2.16. The van der Waals surface area contributed by atoms with E-state index in [2.05, 4.69) is 17.1 Å². The van der Waals surface area contributed by atoms with Gasteiger partial charge < -0.3 is 9.84 Å². The Morgan fingerprint density at radius 2 is 2.29 bits per heavy atom. The second kappa shape index (κ2) is 4.09. The van der Waals surface area contributed by atoms with Crippen LogP contribution < -0.4 is 5.32 Å². The number of hydrogen-bond donors (Lipinski definition) is 1. The van der Waals surface area contributed by atoms with Gasteiger partial charge in [-0.2, -0.15) is 0 Å². The number of aryl methyl sites for hydroxylation is 1. The number of rotatable bonds is 3. The molecule has 0 aliphatic carbocycles. The van der Waals surface area contributed by atoms with Crippen LogP contribution in [0.15, 0.2) is 17.2 Å². The molecule has 0 spiro atoms. The van der Waals surface area contributed by atoms with Gasteiger partial charge in [-0.05, 0) is 13.0 Å². The summed E-state index contributed by atoms with van der Waals surface area (Å²) in [5.41, 5.74) is 1.34. The summed E-state index contributed by atoms with van der Waals surface area (Å²) >= 11 is 0. The van der Waals surface area contributed by atoms with Gasteiger partial charge in [0.2, 0.25) is 5.91 Å². The summed E-state index contributed by atoms with van der Waals surface area (Å²) in [7, 11) is 0. The summed E-state index contributed by atoms with van der Waals surface area (Å²) in [6, 6.07) is 0. The molecule has 1 rings (SSSR count). The molecule has 0 fully saturated rings. The van der Waals surface area contributed by atoms with Gasteiger partial charge in [0, 0.05) is 5.92 Å². The molecule has 0 aliphatic rings. The number of anilines is 1. The summed E-state index contributed by atoms with van der Waals surface area (Å²) in [5.74, 6) is 0.632. The van der Waals surface area contributed by atoms with E-state index in [-0.39, 0.29) is 11.8 Å². The first-order chi connectivity index (χ1) is 6.56. The fraction of sp³-hybridized carbons (Fsp3) is 0.400. The molecule has 1 N–H and O–H groups in total. The molecule has 0 saturated carbocycles. The Labute approximate surface area is 83.0 Å². The Bertz CT molecular complexity index is 353. The van der Waals surface area contributed by atoms with Gasteiger partial charge in [0.15, 0.2) is 5.76 Å². The largest absolute Gasteiger partial charge is 0.359 e. The molecule has 0 aromatic carbocycles. The first-order valence-corrected chi connectivity index (χ1v) is 4.45. The first kappa shape index (κ1) is 10.5. The highest BCUT2D eigenvalue weighted by molar-refractivity contribution is 5.99. The summed E-state index contributed by atoms with van der Waals surface area (Å²) in [6.45, 7) is 9.12. The van der Waals surface area contributed by atoms with E-state index in [1.807, 2.05) is 13.8 Å². The van der Waals surface area contributed by atoms with E-state index >= 15 is 0 Å². The predicted molar refractivity (Wildman–Crippen MR) is 54.2 cm³/mol. The van der Waals surface area contributed by atoms with Crippen LogP contribution in [0.4, 0.5) is 5.69 Å². The standard InChI is InChI=1S/C10H14N2O2/c1-5-8(13)11-9-7(4)12-14-10(9)6(2)3/h5-6H,1H2,2-4H3,(H,11,13). The maximum atomic E-state index is 11.1. The quantitative estimate of drug-likeness (QED) is 0.750. The van der Waals surface area contributed by atoms with Gasteiger partial charge in [-0.15, -0.1) is 0 Å². The highest BCUT2D eigenvalue weighted by Crippen LogP contribution is 2.26. The normalized spacial score (nSPS) is 10.3. The second-order valence-electron chi connectivity index (χ2n) is 3.36. The van der Waals surface area contributed by atoms with Crippen LogP contribution in [0.5, 0.6) is 0 Å². The van der Waals surface area contributed by atoms with Crippen molar-refractivity contribution in [3.8, 4) is 0 Å². The van der Waals surface area contributed by atoms with Crippen molar-refractivity contribution >= 4 is 11.6 Å². The van der Waals surface area contributed by atoms with Crippen LogP contribution in [-0.2, 0) is 4.79 Å². The Morgan fingerprint density at radius 1 is 1.64 bits per heavy atom. The molecule has 14 heavy (non-hydrogen) atoms. The van der Waals surface area contributed by atoms with Crippen molar-refractivity contribution < 1.29 is 9.32 Å². The minimum Gasteiger partial charge on any atom is -0.359 e. The molecule has 1 amide bonds. The predicted octanol–water partition coefficient (Wildman–Crippen LogP) is 2.23. The molecule has 0 radical (unpaired) electrons. The lowest BCUT2D eigenvalue weighted by Gasteiger charge is -2.04. The van der Waals surface area contributed by atoms with Gasteiger partial charge in [0.25, 0.3) is 0 Å². The van der Waals surface area contributed by atoms with Crippen LogP contribution in [0, 0.1) is 6.92 Å². The van der Waals surface area contributed by atoms with Crippen molar-refractivity contribution in [2.75, 3.05) is 5.32 Å². The molecule has 1 aromatic heterocycles. The van der Waals surface area contributed by atoms with Gasteiger partial charge >= 0.3 is 0 Å². The zero-order chi connectivity index (χ0) is 10.7. The first-order valence-electron chi connectivity index (χ1n) is 4.45. The number of aromatic nitrogens is 1. The van der Waals surface area contributed by atoms with Crippen LogP contribution in [-0.4, -0.2) is 11.1 Å². The minimum absolute atomic E-state index is 0.191. The van der Waals surface area contributed by atoms with Crippen molar-refractivity contribution in [2.45, 2.75) is 26.7 Å². The van der Waals surface area contributed by atoms with Gasteiger partial charge in [-0.1, -0.05) is 25.6 Å². The number of nitrogens with zero attached hydrogens (tertiary/aromatic N) is 1. The molecular weight excluding hydrogens is 180 g/mol. The van der Waals surface area contributed by atoms with Crippen molar-refractivity contribution in [2.24, 2.45) is 0 Å². The number of nitrogens with one attached hydrogen (secondary N) is 1. The summed E-state index contributed by atoms with van der Waals surface area (Å²) in [4.78, 5) is 11.1. The highest BCUT2D eigenvalue weighted by atomic mass is 16.5. The lowest BCUT2D eigenvalue weighted by atomic mass is 10.1. The molecule has 0 unspecified atom stereocenters. The van der Waals surface area contributed by atoms with E-state index in [1.165, 1.54) is 6.08 Å². The average molecular weight is 194 g/mol. The van der Waals surface area contributed by atoms with Crippen molar-refractivity contribution in [3.05, 3.63) is 24.1 Å². The second-order valence-corrected chi connectivity index (χ2v) is 3.36. The van der Waals surface area contributed by atoms with Gasteiger partial charge in [-0.3, -0.25) is 4.79 Å². The van der Waals surface area contributed by atoms with E-state index in [0.29, 0.717) is 17.1 Å². The minimum atomic E-state index is -0.252. The lowest BCUT2D eigenvalue weighted by molar-refractivity contribution is -0.111. The monoisotopic (exact) mass is 194 g/mol. The molecule has 1 heterocycles. The molecule has 4 nitrogen and oxygen atoms in total. The summed E-state index contributed by atoms with van der Waals surface area (Å²) in [5, 5.41) is 6.48. The number of hydrogen-bond acceptors (Lipinski definition) is 3. The van der Waals surface area contributed by atoms with Gasteiger partial charge in [-0.25, -0.2) is 0 Å². The fourth-order valence-corrected chi connectivity index (χ4v) is 1.11. The van der Waals surface area contributed by atoms with E-state index < -0.39 is 0 Å². The maximum absolute atomic E-state index is 11.1. The van der Waals surface area contributed by atoms with E-state index in [9.17, 15) is 4.79 Å². The zero-order valence-corrected chi connectivity index (χ0v) is 8.63. The molecular formula is C10H14N2O2. The van der Waals surface area contributed by atoms with Crippen LogP contribution in [0.3, 0.4) is 0 Å². The van der Waals surface area contributed by atoms with E-state index in [4.69, 9.17) is 4.52 Å². The molecule has 1 aromatic rings. The Kier molecular flexibility index (Phi) is 3.06. The summed E-state index contributed by atoms with van der Waals surface area (Å²) in [6.07, 6.45) is 1.22. The van der Waals surface area contributed by atoms with Crippen molar-refractivity contribution in [1.82, 2.24) is 5.16 Å². The Hall–Kier alpha value is -1.58. The van der Waals surface area contributed by atoms with Crippen molar-refractivity contribution in [1.29, 1.82) is 0 Å². The van der Waals surface area contributed by atoms with Crippen LogP contribution in [0.1, 0.15) is 31.2 Å². The van der Waals surface area contributed by atoms with E-state index in [0.717, 1.165) is 0 Å². The van der Waals surface area contributed by atoms with Crippen molar-refractivity contribution in [3.63, 3.8) is 0 Å². The third-order valence-corrected chi connectivity index (χ3v) is 1.85. The topological polar surface area (TPSA) is 55.1 Å². The Morgan fingerprint density at radius 3 is 2.79 bits per heavy atom. The molecule has 0 aliphatic heterocycles. The van der Waals surface area contributed by atoms with Gasteiger partial charge in [0.1, 0.15) is 11.4 Å². The van der Waals surface area contributed by atoms with E-state index in [1.54, 1.807) is 6.92 Å². The average Bonchev–Trinajstić information content (AvgIpc) is 2.48. The van der Waals surface area contributed by atoms with Crippen LogP contribution >= 0.6 is 0 Å². The smallest absolute Gasteiger partial charge is 0.247 e. The fourth-order valence-electron chi connectivity index (χ4n) is 1.11. The SMILES string of the molecule is C=CC(=O)Nc1c(C)noc1C(C)C. The maximum Gasteiger partial charge on any atom is 0.247 e. The Balaban J connectivity index is 2.99. The third kappa shape index (κ3) is 2.02. The third-order valence-electron chi connectivity index (χ3n) is 1.85.